The minimum atomic E-state index is -0.417. The Balaban J connectivity index is 2.90. The SMILES string of the molecule is C[CH]c1cc(Br)c([N+](=O)[O-])c2ccc(C(C)=O)cc12. The van der Waals surface area contributed by atoms with Crippen molar-refractivity contribution in [3.63, 3.8) is 0 Å². The summed E-state index contributed by atoms with van der Waals surface area (Å²) in [7, 11) is 0. The van der Waals surface area contributed by atoms with Gasteiger partial charge in [-0.2, -0.15) is 0 Å². The van der Waals surface area contributed by atoms with E-state index in [2.05, 4.69) is 15.9 Å². The highest BCUT2D eigenvalue weighted by Crippen LogP contribution is 2.36. The molecule has 0 aliphatic rings. The third kappa shape index (κ3) is 2.38. The number of benzene rings is 2. The summed E-state index contributed by atoms with van der Waals surface area (Å²) in [5.41, 5.74) is 1.43. The third-order valence-corrected chi connectivity index (χ3v) is 3.60. The molecule has 2 aromatic carbocycles. The van der Waals surface area contributed by atoms with Crippen molar-refractivity contribution in [1.82, 2.24) is 0 Å². The number of Topliss-reactive ketones (excluding diaryl/α,β-unsaturated/α-hetero) is 1. The monoisotopic (exact) mass is 320 g/mol. The van der Waals surface area contributed by atoms with Crippen LogP contribution in [0.4, 0.5) is 5.69 Å². The van der Waals surface area contributed by atoms with Gasteiger partial charge in [-0.3, -0.25) is 14.9 Å². The minimum absolute atomic E-state index is 0.0238. The summed E-state index contributed by atoms with van der Waals surface area (Å²) in [6, 6.07) is 6.64. The molecule has 1 radical (unpaired) electrons. The van der Waals surface area contributed by atoms with E-state index in [1.54, 1.807) is 24.3 Å². The Kier molecular flexibility index (Phi) is 3.66. The van der Waals surface area contributed by atoms with Crippen LogP contribution in [0, 0.1) is 16.5 Å². The molecule has 0 aromatic heterocycles. The van der Waals surface area contributed by atoms with Crippen molar-refractivity contribution < 1.29 is 9.72 Å². The highest BCUT2D eigenvalue weighted by Gasteiger charge is 2.19. The molecule has 5 heteroatoms. The van der Waals surface area contributed by atoms with Crippen molar-refractivity contribution in [1.29, 1.82) is 0 Å². The van der Waals surface area contributed by atoms with Crippen molar-refractivity contribution in [2.24, 2.45) is 0 Å². The van der Waals surface area contributed by atoms with E-state index >= 15 is 0 Å². The number of hydrogen-bond donors (Lipinski definition) is 0. The zero-order valence-electron chi connectivity index (χ0n) is 10.4. The highest BCUT2D eigenvalue weighted by atomic mass is 79.9. The van der Waals surface area contributed by atoms with Gasteiger partial charge in [-0.15, -0.1) is 0 Å². The number of hydrogen-bond acceptors (Lipinski definition) is 3. The number of nitro benzene ring substituents is 1. The average molecular weight is 321 g/mol. The molecule has 0 saturated carbocycles. The molecule has 0 N–H and O–H groups in total. The molecule has 0 saturated heterocycles. The summed E-state index contributed by atoms with van der Waals surface area (Å²) in [6.07, 6.45) is 1.86. The van der Waals surface area contributed by atoms with Gasteiger partial charge in [-0.25, -0.2) is 0 Å². The molecule has 0 aliphatic heterocycles. The maximum Gasteiger partial charge on any atom is 0.291 e. The van der Waals surface area contributed by atoms with Gasteiger partial charge in [0.15, 0.2) is 5.78 Å². The van der Waals surface area contributed by atoms with Gasteiger partial charge >= 0.3 is 0 Å². The molecule has 0 heterocycles. The molecule has 0 spiro atoms. The lowest BCUT2D eigenvalue weighted by Crippen LogP contribution is -1.97. The molecule has 0 fully saturated rings. The first kappa shape index (κ1) is 13.7. The molecule has 97 valence electrons. The van der Waals surface area contributed by atoms with E-state index in [1.165, 1.54) is 6.92 Å². The van der Waals surface area contributed by atoms with Crippen LogP contribution in [0.2, 0.25) is 0 Å². The first-order chi connectivity index (χ1) is 8.95. The van der Waals surface area contributed by atoms with Gasteiger partial charge in [0.05, 0.1) is 14.8 Å². The van der Waals surface area contributed by atoms with E-state index in [0.29, 0.717) is 20.8 Å². The van der Waals surface area contributed by atoms with E-state index in [4.69, 9.17) is 0 Å². The van der Waals surface area contributed by atoms with Gasteiger partial charge in [-0.1, -0.05) is 13.0 Å². The van der Waals surface area contributed by atoms with Gasteiger partial charge in [0.25, 0.3) is 5.69 Å². The molecule has 0 bridgehead atoms. The average Bonchev–Trinajstić information content (AvgIpc) is 2.36. The summed E-state index contributed by atoms with van der Waals surface area (Å²) < 4.78 is 0.439. The smallest absolute Gasteiger partial charge is 0.291 e. The lowest BCUT2D eigenvalue weighted by atomic mass is 9.98. The van der Waals surface area contributed by atoms with Crippen LogP contribution in [0.1, 0.15) is 29.8 Å². The van der Waals surface area contributed by atoms with E-state index in [1.807, 2.05) is 13.3 Å². The van der Waals surface area contributed by atoms with E-state index in [0.717, 1.165) is 5.56 Å². The molecule has 2 rings (SSSR count). The summed E-state index contributed by atoms with van der Waals surface area (Å²) >= 11 is 3.23. The van der Waals surface area contributed by atoms with Gasteiger partial charge < -0.3 is 0 Å². The zero-order valence-corrected chi connectivity index (χ0v) is 12.0. The largest absolute Gasteiger partial charge is 0.295 e. The number of fused-ring (bicyclic) bond motifs is 1. The van der Waals surface area contributed by atoms with Crippen LogP contribution in [0.3, 0.4) is 0 Å². The third-order valence-electron chi connectivity index (χ3n) is 2.99. The highest BCUT2D eigenvalue weighted by molar-refractivity contribution is 9.10. The predicted molar refractivity (Wildman–Crippen MR) is 77.4 cm³/mol. The second-order valence-corrected chi connectivity index (χ2v) is 5.01. The fraction of sp³-hybridized carbons (Fsp3) is 0.143. The number of nitro groups is 1. The zero-order chi connectivity index (χ0) is 14.2. The summed E-state index contributed by atoms with van der Waals surface area (Å²) in [4.78, 5) is 22.2. The summed E-state index contributed by atoms with van der Waals surface area (Å²) in [5, 5.41) is 12.4. The van der Waals surface area contributed by atoms with Gasteiger partial charge in [0.1, 0.15) is 0 Å². The first-order valence-corrected chi connectivity index (χ1v) is 6.46. The molecule has 0 unspecified atom stereocenters. The molecular formula is C14H11BrNO3. The number of carbonyl (C=O) groups is 1. The Morgan fingerprint density at radius 2 is 2.00 bits per heavy atom. The number of ketones is 1. The van der Waals surface area contributed by atoms with Crippen LogP contribution < -0.4 is 0 Å². The summed E-state index contributed by atoms with van der Waals surface area (Å²) in [6.45, 7) is 3.33. The molecule has 0 aliphatic carbocycles. The van der Waals surface area contributed by atoms with Crippen molar-refractivity contribution in [3.8, 4) is 0 Å². The second kappa shape index (κ2) is 5.09. The van der Waals surface area contributed by atoms with Gasteiger partial charge in [0, 0.05) is 5.56 Å². The van der Waals surface area contributed by atoms with Gasteiger partial charge in [0.2, 0.25) is 0 Å². The number of carbonyl (C=O) groups excluding carboxylic acids is 1. The number of halogens is 1. The van der Waals surface area contributed by atoms with Crippen molar-refractivity contribution in [2.75, 3.05) is 0 Å². The Morgan fingerprint density at radius 1 is 1.32 bits per heavy atom. The normalized spacial score (nSPS) is 10.7. The standard InChI is InChI=1S/C14H11BrNO3/c1-3-9-7-13(15)14(16(18)19)11-5-4-10(8(2)17)6-12(9)11/h3-7H,1-2H3. The van der Waals surface area contributed by atoms with Crippen molar-refractivity contribution >= 4 is 38.2 Å². The van der Waals surface area contributed by atoms with Crippen molar-refractivity contribution in [3.05, 3.63) is 56.4 Å². The molecule has 2 aromatic rings. The van der Waals surface area contributed by atoms with Crippen LogP contribution >= 0.6 is 15.9 Å². The number of nitrogens with zero attached hydrogens (tertiary/aromatic N) is 1. The molecule has 0 atom stereocenters. The Labute approximate surface area is 118 Å². The molecule has 4 nitrogen and oxygen atoms in total. The van der Waals surface area contributed by atoms with Crippen LogP contribution in [0.5, 0.6) is 0 Å². The molecule has 19 heavy (non-hydrogen) atoms. The Bertz CT molecular complexity index is 695. The Hall–Kier alpha value is -1.75. The Morgan fingerprint density at radius 3 is 2.53 bits per heavy atom. The lowest BCUT2D eigenvalue weighted by Gasteiger charge is -2.08. The summed E-state index contributed by atoms with van der Waals surface area (Å²) in [5.74, 6) is -0.0606. The maximum absolute atomic E-state index is 11.4. The van der Waals surface area contributed by atoms with Crippen LogP contribution in [-0.2, 0) is 0 Å². The second-order valence-electron chi connectivity index (χ2n) is 4.16. The molecular weight excluding hydrogens is 310 g/mol. The fourth-order valence-electron chi connectivity index (χ4n) is 2.04. The minimum Gasteiger partial charge on any atom is -0.295 e. The quantitative estimate of drug-likeness (QED) is 0.481. The van der Waals surface area contributed by atoms with Gasteiger partial charge in [-0.05, 0) is 58.4 Å². The van der Waals surface area contributed by atoms with E-state index in [-0.39, 0.29) is 11.5 Å². The predicted octanol–water partition coefficient (Wildman–Crippen LogP) is 4.29. The lowest BCUT2D eigenvalue weighted by molar-refractivity contribution is -0.383. The first-order valence-electron chi connectivity index (χ1n) is 5.66. The molecule has 0 amide bonds. The topological polar surface area (TPSA) is 60.2 Å². The van der Waals surface area contributed by atoms with Crippen molar-refractivity contribution in [2.45, 2.75) is 13.8 Å². The van der Waals surface area contributed by atoms with E-state index < -0.39 is 4.92 Å². The number of rotatable bonds is 3. The van der Waals surface area contributed by atoms with Crippen LogP contribution in [0.25, 0.3) is 10.8 Å². The fourth-order valence-corrected chi connectivity index (χ4v) is 2.65. The van der Waals surface area contributed by atoms with E-state index in [9.17, 15) is 14.9 Å². The van der Waals surface area contributed by atoms with Crippen LogP contribution in [0.15, 0.2) is 28.7 Å². The maximum atomic E-state index is 11.4. The van der Waals surface area contributed by atoms with Crippen LogP contribution in [-0.4, -0.2) is 10.7 Å².